The predicted octanol–water partition coefficient (Wildman–Crippen LogP) is 2.39. The highest BCUT2D eigenvalue weighted by molar-refractivity contribution is 7.92. The molecule has 0 saturated carbocycles. The highest BCUT2D eigenvalue weighted by Crippen LogP contribution is 2.18. The summed E-state index contributed by atoms with van der Waals surface area (Å²) in [7, 11) is -3.80. The van der Waals surface area contributed by atoms with Crippen molar-refractivity contribution < 1.29 is 22.7 Å². The van der Waals surface area contributed by atoms with E-state index in [1.807, 2.05) is 6.92 Å². The summed E-state index contributed by atoms with van der Waals surface area (Å²) in [5, 5.41) is -1.27. The van der Waals surface area contributed by atoms with Gasteiger partial charge in [-0.05, 0) is 32.4 Å². The number of ketones is 1. The smallest absolute Gasteiger partial charge is 0.324 e. The van der Waals surface area contributed by atoms with Gasteiger partial charge < -0.3 is 4.74 Å². The zero-order chi connectivity index (χ0) is 16.0. The Balaban J connectivity index is 2.88. The normalized spacial score (nSPS) is 12.7. The molecule has 0 radical (unpaired) electrons. The Morgan fingerprint density at radius 1 is 1.19 bits per heavy atom. The van der Waals surface area contributed by atoms with E-state index in [-0.39, 0.29) is 17.3 Å². The lowest BCUT2D eigenvalue weighted by atomic mass is 10.2. The van der Waals surface area contributed by atoms with Gasteiger partial charge in [-0.1, -0.05) is 25.5 Å². The number of benzene rings is 1. The van der Waals surface area contributed by atoms with Crippen LogP contribution in [0, 0.1) is 0 Å². The zero-order valence-electron chi connectivity index (χ0n) is 12.5. The highest BCUT2D eigenvalue weighted by Gasteiger charge is 2.31. The van der Waals surface area contributed by atoms with Crippen molar-refractivity contribution in [2.75, 3.05) is 6.61 Å². The van der Waals surface area contributed by atoms with Crippen molar-refractivity contribution in [3.63, 3.8) is 0 Å². The third-order valence-corrected chi connectivity index (χ3v) is 5.18. The van der Waals surface area contributed by atoms with Crippen LogP contribution in [0.3, 0.4) is 0 Å². The van der Waals surface area contributed by atoms with Crippen LogP contribution in [0.1, 0.15) is 44.0 Å². The summed E-state index contributed by atoms with van der Waals surface area (Å²) in [6, 6.07) is 5.54. The number of carbonyl (C=O) groups excluding carboxylic acids is 2. The fourth-order valence-corrected chi connectivity index (χ4v) is 2.89. The van der Waals surface area contributed by atoms with Gasteiger partial charge in [0, 0.05) is 5.56 Å². The summed E-state index contributed by atoms with van der Waals surface area (Å²) in [5.41, 5.74) is 0.423. The Hall–Kier alpha value is -1.69. The molecule has 1 atom stereocenters. The number of rotatable bonds is 7. The monoisotopic (exact) mass is 312 g/mol. The average molecular weight is 312 g/mol. The van der Waals surface area contributed by atoms with Gasteiger partial charge in [-0.3, -0.25) is 9.59 Å². The molecule has 0 amide bonds. The molecule has 116 valence electrons. The van der Waals surface area contributed by atoms with Gasteiger partial charge in [-0.2, -0.15) is 0 Å². The van der Waals surface area contributed by atoms with Crippen molar-refractivity contribution >= 4 is 21.6 Å². The van der Waals surface area contributed by atoms with Gasteiger partial charge >= 0.3 is 5.97 Å². The first-order valence-electron chi connectivity index (χ1n) is 6.82. The Kier molecular flexibility index (Phi) is 6.08. The molecule has 1 aromatic rings. The summed E-state index contributed by atoms with van der Waals surface area (Å²) in [4.78, 5) is 22.9. The number of ether oxygens (including phenoxy) is 1. The molecule has 5 nitrogen and oxygen atoms in total. The molecule has 21 heavy (non-hydrogen) atoms. The summed E-state index contributed by atoms with van der Waals surface area (Å²) < 4.78 is 29.5. The number of Topliss-reactive ketones (excluding diaryl/α,β-unsaturated/α-hetero) is 1. The van der Waals surface area contributed by atoms with E-state index in [2.05, 4.69) is 0 Å². The molecule has 6 heteroatoms. The molecule has 0 aliphatic carbocycles. The van der Waals surface area contributed by atoms with E-state index in [1.54, 1.807) is 0 Å². The molecular formula is C15H20O5S. The van der Waals surface area contributed by atoms with Crippen molar-refractivity contribution in [3.05, 3.63) is 29.8 Å². The Bertz CT molecular complexity index is 601. The average Bonchev–Trinajstić information content (AvgIpc) is 2.46. The second kappa shape index (κ2) is 7.36. The van der Waals surface area contributed by atoms with Gasteiger partial charge in [0.15, 0.2) is 20.9 Å². The first-order valence-corrected chi connectivity index (χ1v) is 8.37. The Labute approximate surface area is 125 Å². The number of unbranched alkanes of at least 4 members (excludes halogenated alkanes) is 1. The predicted molar refractivity (Wildman–Crippen MR) is 79.0 cm³/mol. The van der Waals surface area contributed by atoms with E-state index >= 15 is 0 Å². The topological polar surface area (TPSA) is 77.5 Å². The molecular weight excluding hydrogens is 292 g/mol. The van der Waals surface area contributed by atoms with Crippen LogP contribution >= 0.6 is 0 Å². The summed E-state index contributed by atoms with van der Waals surface area (Å²) in [6.07, 6.45) is 1.56. The number of hydrogen-bond donors (Lipinski definition) is 0. The maximum Gasteiger partial charge on any atom is 0.324 e. The first kappa shape index (κ1) is 17.4. The van der Waals surface area contributed by atoms with E-state index in [1.165, 1.54) is 38.1 Å². The molecule has 0 fully saturated rings. The summed E-state index contributed by atoms with van der Waals surface area (Å²) in [6.45, 7) is 4.88. The van der Waals surface area contributed by atoms with E-state index in [0.29, 0.717) is 12.0 Å². The molecule has 0 heterocycles. The highest BCUT2D eigenvalue weighted by atomic mass is 32.2. The zero-order valence-corrected chi connectivity index (χ0v) is 13.3. The van der Waals surface area contributed by atoms with Crippen molar-refractivity contribution in [1.82, 2.24) is 0 Å². The van der Waals surface area contributed by atoms with E-state index in [4.69, 9.17) is 4.74 Å². The third-order valence-electron chi connectivity index (χ3n) is 3.13. The lowest BCUT2D eigenvalue weighted by Gasteiger charge is -2.12. The number of sulfone groups is 1. The fraction of sp³-hybridized carbons (Fsp3) is 0.467. The summed E-state index contributed by atoms with van der Waals surface area (Å²) >= 11 is 0. The molecule has 0 saturated heterocycles. The van der Waals surface area contributed by atoms with E-state index < -0.39 is 21.1 Å². The van der Waals surface area contributed by atoms with E-state index in [9.17, 15) is 18.0 Å². The minimum atomic E-state index is -3.80. The van der Waals surface area contributed by atoms with Crippen molar-refractivity contribution in [1.29, 1.82) is 0 Å². The molecule has 1 unspecified atom stereocenters. The first-order chi connectivity index (χ1) is 9.80. The van der Waals surface area contributed by atoms with Gasteiger partial charge in [0.05, 0.1) is 11.5 Å². The summed E-state index contributed by atoms with van der Waals surface area (Å²) in [5.74, 6) is -0.898. The van der Waals surface area contributed by atoms with Crippen molar-refractivity contribution in [2.24, 2.45) is 0 Å². The van der Waals surface area contributed by atoms with Crippen molar-refractivity contribution in [3.8, 4) is 0 Å². The van der Waals surface area contributed by atoms with Crippen LogP contribution in [-0.2, 0) is 19.4 Å². The quantitative estimate of drug-likeness (QED) is 0.439. The van der Waals surface area contributed by atoms with Crippen LogP contribution in [0.4, 0.5) is 0 Å². The molecule has 1 rings (SSSR count). The van der Waals surface area contributed by atoms with Crippen LogP contribution in [0.25, 0.3) is 0 Å². The third kappa shape index (κ3) is 4.39. The number of hydrogen-bond acceptors (Lipinski definition) is 5. The van der Waals surface area contributed by atoms with Crippen LogP contribution in [0.2, 0.25) is 0 Å². The lowest BCUT2D eigenvalue weighted by Crippen LogP contribution is -2.29. The van der Waals surface area contributed by atoms with Crippen LogP contribution < -0.4 is 0 Å². The van der Waals surface area contributed by atoms with Crippen LogP contribution in [0.15, 0.2) is 29.2 Å². The fourth-order valence-electron chi connectivity index (χ4n) is 1.64. The molecule has 0 aliphatic rings. The molecule has 0 bridgehead atoms. The van der Waals surface area contributed by atoms with E-state index in [0.717, 1.165) is 6.42 Å². The number of esters is 1. The SMILES string of the molecule is CCCCOC(=O)C(C)S(=O)(=O)c1ccc(C(C)=O)cc1. The maximum atomic E-state index is 12.3. The van der Waals surface area contributed by atoms with Gasteiger partial charge in [-0.15, -0.1) is 0 Å². The van der Waals surface area contributed by atoms with Gasteiger partial charge in [0.25, 0.3) is 0 Å². The molecule has 1 aromatic carbocycles. The molecule has 0 aliphatic heterocycles. The van der Waals surface area contributed by atoms with Gasteiger partial charge in [-0.25, -0.2) is 8.42 Å². The lowest BCUT2D eigenvalue weighted by molar-refractivity contribution is -0.142. The van der Waals surface area contributed by atoms with Gasteiger partial charge in [0.1, 0.15) is 0 Å². The Morgan fingerprint density at radius 3 is 2.24 bits per heavy atom. The Morgan fingerprint density at radius 2 is 1.76 bits per heavy atom. The maximum absolute atomic E-state index is 12.3. The molecule has 0 spiro atoms. The van der Waals surface area contributed by atoms with Crippen molar-refractivity contribution in [2.45, 2.75) is 43.8 Å². The molecule has 0 N–H and O–H groups in total. The second-order valence-corrected chi connectivity index (χ2v) is 7.06. The largest absolute Gasteiger partial charge is 0.465 e. The van der Waals surface area contributed by atoms with Crippen LogP contribution in [0.5, 0.6) is 0 Å². The van der Waals surface area contributed by atoms with Gasteiger partial charge in [0.2, 0.25) is 0 Å². The minimum Gasteiger partial charge on any atom is -0.465 e. The second-order valence-electron chi connectivity index (χ2n) is 4.79. The van der Waals surface area contributed by atoms with Crippen LogP contribution in [-0.4, -0.2) is 32.0 Å². The molecule has 0 aromatic heterocycles. The standard InChI is InChI=1S/C15H20O5S/c1-4-5-10-20-15(17)12(3)21(18,19)14-8-6-13(7-9-14)11(2)16/h6-9,12H,4-5,10H2,1-3H3. The number of carbonyl (C=O) groups is 2. The minimum absolute atomic E-state index is 0.00689.